The largest absolute Gasteiger partial charge is 0.394 e. The summed E-state index contributed by atoms with van der Waals surface area (Å²) < 4.78 is 56.1. The van der Waals surface area contributed by atoms with Crippen LogP contribution < -0.4 is 37.2 Å². The van der Waals surface area contributed by atoms with E-state index in [1.807, 2.05) is 0 Å². The van der Waals surface area contributed by atoms with E-state index < -0.39 is 159 Å². The summed E-state index contributed by atoms with van der Waals surface area (Å²) in [7, 11) is 1.60. The average molecular weight is 1260 g/mol. The number of rotatable bonds is 39. The minimum Gasteiger partial charge on any atom is -0.394 e. The third-order valence-corrected chi connectivity index (χ3v) is 15.2. The van der Waals surface area contributed by atoms with Gasteiger partial charge in [0.2, 0.25) is 41.4 Å². The van der Waals surface area contributed by atoms with Crippen LogP contribution in [0.1, 0.15) is 85.0 Å². The summed E-state index contributed by atoms with van der Waals surface area (Å²) in [6, 6.07) is -3.44. The summed E-state index contributed by atoms with van der Waals surface area (Å²) in [5.74, 6) is -3.61. The molecule has 0 spiro atoms. The molecule has 0 aromatic heterocycles. The maximum absolute atomic E-state index is 14.2. The van der Waals surface area contributed by atoms with E-state index in [-0.39, 0.29) is 130 Å². The highest BCUT2D eigenvalue weighted by Gasteiger charge is 2.48. The summed E-state index contributed by atoms with van der Waals surface area (Å²) in [5.41, 5.74) is -1.28. The van der Waals surface area contributed by atoms with E-state index in [2.05, 4.69) is 37.2 Å². The molecule has 15 atom stereocenters. The molecular weight excluding hydrogens is 1160 g/mol. The molecule has 1 aliphatic carbocycles. The second-order valence-corrected chi connectivity index (χ2v) is 21.8. The third kappa shape index (κ3) is 25.4. The first-order valence-corrected chi connectivity index (χ1v) is 29.5. The Morgan fingerprint density at radius 1 is 0.448 bits per heavy atom. The number of aliphatic hydroxyl groups excluding tert-OH is 9. The smallest absolute Gasteiger partial charge is 0.223 e. The molecule has 0 bridgehead atoms. The Bertz CT molecular complexity index is 1890. The second-order valence-electron chi connectivity index (χ2n) is 21.8. The van der Waals surface area contributed by atoms with Gasteiger partial charge in [-0.15, -0.1) is 0 Å². The highest BCUT2D eigenvalue weighted by atomic mass is 16.7. The monoisotopic (exact) mass is 1260 g/mol. The van der Waals surface area contributed by atoms with Crippen molar-refractivity contribution in [3.63, 3.8) is 0 Å². The van der Waals surface area contributed by atoms with Crippen molar-refractivity contribution in [2.45, 2.75) is 189 Å². The summed E-state index contributed by atoms with van der Waals surface area (Å²) in [6.45, 7) is 1.50. The lowest BCUT2D eigenvalue weighted by Crippen LogP contribution is -2.64. The van der Waals surface area contributed by atoms with Gasteiger partial charge < -0.3 is 131 Å². The van der Waals surface area contributed by atoms with Crippen LogP contribution in [0.3, 0.4) is 0 Å². The van der Waals surface area contributed by atoms with Crippen molar-refractivity contribution in [1.29, 1.82) is 0 Å². The molecule has 16 N–H and O–H groups in total. The molecule has 0 radical (unpaired) electrons. The molecule has 7 amide bonds. The molecule has 0 aromatic carbocycles. The summed E-state index contributed by atoms with van der Waals surface area (Å²) in [5, 5.41) is 110. The van der Waals surface area contributed by atoms with Crippen molar-refractivity contribution < 1.29 is 127 Å². The molecule has 3 aliphatic heterocycles. The lowest BCUT2D eigenvalue weighted by Gasteiger charge is -2.42. The topological polar surface area (TPSA) is 478 Å². The van der Waals surface area contributed by atoms with Crippen molar-refractivity contribution in [3.8, 4) is 0 Å². The molecule has 3 heterocycles. The number of hydrogen-bond acceptors (Lipinski definition) is 26. The molecule has 33 nitrogen and oxygen atoms in total. The van der Waals surface area contributed by atoms with Gasteiger partial charge in [0.05, 0.1) is 85.4 Å². The van der Waals surface area contributed by atoms with Gasteiger partial charge in [0.1, 0.15) is 73.1 Å². The summed E-state index contributed by atoms with van der Waals surface area (Å²) in [6.07, 6.45) is -14.4. The molecule has 3 saturated heterocycles. The van der Waals surface area contributed by atoms with Gasteiger partial charge in [0.25, 0.3) is 0 Å². The van der Waals surface area contributed by atoms with E-state index in [0.29, 0.717) is 25.7 Å². The van der Waals surface area contributed by atoms with Gasteiger partial charge in [-0.05, 0) is 44.9 Å². The Hall–Kier alpha value is -4.47. The van der Waals surface area contributed by atoms with Gasteiger partial charge in [0, 0.05) is 78.2 Å². The molecule has 1 saturated carbocycles. The quantitative estimate of drug-likeness (QED) is 0.0254. The first-order chi connectivity index (χ1) is 41.6. The van der Waals surface area contributed by atoms with Crippen molar-refractivity contribution in [1.82, 2.24) is 37.2 Å². The van der Waals surface area contributed by atoms with Crippen LogP contribution >= 0.6 is 0 Å². The maximum atomic E-state index is 14.2. The number of carbonyl (C=O) groups is 7. The Balaban J connectivity index is 1.36. The van der Waals surface area contributed by atoms with Gasteiger partial charge in [-0.25, -0.2) is 0 Å². The van der Waals surface area contributed by atoms with E-state index in [9.17, 15) is 79.5 Å². The van der Waals surface area contributed by atoms with Crippen LogP contribution in [0.5, 0.6) is 0 Å². The third-order valence-electron chi connectivity index (χ3n) is 15.2. The van der Waals surface area contributed by atoms with Crippen LogP contribution in [0.15, 0.2) is 0 Å². The Morgan fingerprint density at radius 3 is 1.03 bits per heavy atom. The number of hydrogen-bond donors (Lipinski definition) is 16. The fourth-order valence-electron chi connectivity index (χ4n) is 10.4. The van der Waals surface area contributed by atoms with E-state index >= 15 is 0 Å². The van der Waals surface area contributed by atoms with Crippen LogP contribution in [-0.2, 0) is 80.9 Å². The molecule has 0 aromatic rings. The lowest BCUT2D eigenvalue weighted by atomic mass is 9.81. The number of nitrogens with one attached hydrogen (secondary N) is 7. The Kier molecular flexibility index (Phi) is 34.1. The molecule has 33 heteroatoms. The zero-order chi connectivity index (χ0) is 64.1. The van der Waals surface area contributed by atoms with E-state index in [1.54, 1.807) is 7.11 Å². The predicted molar refractivity (Wildman–Crippen MR) is 297 cm³/mol. The van der Waals surface area contributed by atoms with Crippen LogP contribution in [0, 0.1) is 5.92 Å². The van der Waals surface area contributed by atoms with Crippen LogP contribution in [-0.4, -0.2) is 297 Å². The van der Waals surface area contributed by atoms with E-state index in [0.717, 1.165) is 0 Å². The van der Waals surface area contributed by atoms with Gasteiger partial charge in [0.15, 0.2) is 18.9 Å². The number of carbonyl (C=O) groups excluding carboxylic acids is 7. The SMILES string of the molecule is COC1CCC(C(=O)NC(CCC(=O)NCCOCCOC2OC(CO)C(O)C(O)C2NC(C)=O)(CCC(=O)NCCOCCOC2OC(CO)C(O)C(O)C2NC(C)=O)CCC(=O)NCCOCCOC2OC(CO)C(O)C(O)C2NC(C)=O)CC1. The van der Waals surface area contributed by atoms with Gasteiger partial charge in [-0.2, -0.15) is 0 Å². The summed E-state index contributed by atoms with van der Waals surface area (Å²) in [4.78, 5) is 90.1. The van der Waals surface area contributed by atoms with E-state index in [4.69, 9.17) is 47.4 Å². The predicted octanol–water partition coefficient (Wildman–Crippen LogP) is -7.33. The highest BCUT2D eigenvalue weighted by molar-refractivity contribution is 5.81. The number of ether oxygens (including phenoxy) is 10. The van der Waals surface area contributed by atoms with Crippen LogP contribution in [0.25, 0.3) is 0 Å². The highest BCUT2D eigenvalue weighted by Crippen LogP contribution is 2.31. The van der Waals surface area contributed by atoms with Gasteiger partial charge in [-0.3, -0.25) is 33.6 Å². The zero-order valence-electron chi connectivity index (χ0n) is 50.0. The minimum atomic E-state index is -1.50. The zero-order valence-corrected chi connectivity index (χ0v) is 50.0. The maximum Gasteiger partial charge on any atom is 0.223 e. The standard InChI is InChI=1S/C54H95N7O26/c1-30(65)58-41-47(74)44(71)35(27-62)85-51(41)82-24-21-79-18-15-55-38(68)9-12-54(61-50(77)33-5-7-34(78-4)8-6-33,13-10-39(69)56-16-19-80-22-25-83-52-42(59-31(2)66)48(75)45(72)36(28-63)86-52)14-11-40(70)57-17-20-81-23-26-84-53-43(60-32(3)67)49(76)46(73)37(29-64)87-53/h33-37,41-49,51-53,62-64,71-76H,5-29H2,1-4H3,(H,55,68)(H,56,69)(H,57,70)(H,58,65)(H,59,66)(H,60,67)(H,61,77). The second kappa shape index (κ2) is 39.6. The molecular formula is C54H95N7O26. The number of aliphatic hydroxyl groups is 9. The molecule has 87 heavy (non-hydrogen) atoms. The lowest BCUT2D eigenvalue weighted by molar-refractivity contribution is -0.272. The van der Waals surface area contributed by atoms with Crippen molar-refractivity contribution in [3.05, 3.63) is 0 Å². The first kappa shape index (κ1) is 75.0. The average Bonchev–Trinajstić information content (AvgIpc) is 2.85. The first-order valence-electron chi connectivity index (χ1n) is 29.5. The molecule has 4 rings (SSSR count). The fraction of sp³-hybridized carbons (Fsp3) is 0.870. The van der Waals surface area contributed by atoms with Gasteiger partial charge in [-0.1, -0.05) is 0 Å². The van der Waals surface area contributed by atoms with E-state index in [1.165, 1.54) is 20.8 Å². The molecule has 15 unspecified atom stereocenters. The van der Waals surface area contributed by atoms with Crippen LogP contribution in [0.2, 0.25) is 0 Å². The fourth-order valence-corrected chi connectivity index (χ4v) is 10.4. The molecule has 4 aliphatic rings. The summed E-state index contributed by atoms with van der Waals surface area (Å²) >= 11 is 0. The van der Waals surface area contributed by atoms with Crippen LogP contribution in [0.4, 0.5) is 0 Å². The minimum absolute atomic E-state index is 0.00319. The molecule has 4 fully saturated rings. The van der Waals surface area contributed by atoms with Gasteiger partial charge >= 0.3 is 0 Å². The Morgan fingerprint density at radius 2 is 0.759 bits per heavy atom. The van der Waals surface area contributed by atoms with Crippen molar-refractivity contribution in [2.24, 2.45) is 5.92 Å². The normalized spacial score (nSPS) is 30.7. The number of methoxy groups -OCH3 is 1. The van der Waals surface area contributed by atoms with Crippen molar-refractivity contribution >= 4 is 41.4 Å². The Labute approximate surface area is 504 Å². The van der Waals surface area contributed by atoms with Crippen molar-refractivity contribution in [2.75, 3.05) is 106 Å². The molecule has 502 valence electrons. The number of amides is 7.